The van der Waals surface area contributed by atoms with Crippen LogP contribution in [0.1, 0.15) is 177 Å². The van der Waals surface area contributed by atoms with Crippen LogP contribution in [0.15, 0.2) is 36.4 Å². The molecule has 0 aliphatic rings. The fourth-order valence-electron chi connectivity index (χ4n) is 6.23. The summed E-state index contributed by atoms with van der Waals surface area (Å²) in [7, 11) is 0. The van der Waals surface area contributed by atoms with Crippen molar-refractivity contribution >= 4 is 37.7 Å². The number of aryl methyl sites for hydroxylation is 2. The van der Waals surface area contributed by atoms with Crippen molar-refractivity contribution in [1.82, 2.24) is 0 Å². The van der Waals surface area contributed by atoms with E-state index in [1.54, 1.807) is 12.1 Å². The van der Waals surface area contributed by atoms with Crippen molar-refractivity contribution in [2.75, 3.05) is 0 Å². The molecule has 2 rings (SSSR count). The second-order valence-electron chi connectivity index (χ2n) is 12.5. The Morgan fingerprint density at radius 2 is 0.690 bits per heavy atom. The van der Waals surface area contributed by atoms with E-state index in [2.05, 4.69) is 26.0 Å². The first-order valence-corrected chi connectivity index (χ1v) is 17.7. The fraction of sp³-hybridized carbons (Fsp3) is 0.692. The Morgan fingerprint density at radius 3 is 1.00 bits per heavy atom. The van der Waals surface area contributed by atoms with E-state index in [0.29, 0.717) is 6.42 Å². The molecule has 0 atom stereocenters. The Labute approximate surface area is 290 Å². The Balaban J connectivity index is 0.00000882. The van der Waals surface area contributed by atoms with Gasteiger partial charge in [-0.25, -0.2) is 0 Å². The van der Waals surface area contributed by atoms with Crippen molar-refractivity contribution in [3.8, 4) is 11.5 Å². The van der Waals surface area contributed by atoms with Crippen LogP contribution in [-0.2, 0) is 19.3 Å². The molecule has 2 aromatic rings. The van der Waals surface area contributed by atoms with Crippen molar-refractivity contribution < 1.29 is 10.2 Å². The van der Waals surface area contributed by atoms with Gasteiger partial charge in [-0.1, -0.05) is 179 Å². The second kappa shape index (κ2) is 26.7. The smallest absolute Gasteiger partial charge is 0.872 e. The maximum absolute atomic E-state index is 12.9. The standard InChI is InChI=1S/C39H64O2.Ca/c1-3-5-7-9-11-13-15-17-19-21-23-27-34-29-25-31-38(40)36(34)33-37-35(30-26-32-39(37)41)28-24-22-20-18-16-14-12-10-8-6-4-2;/h25-26,29-32,40-41H,3-24,27-28,33H2,1-2H3;/q;+2/p-2. The summed E-state index contributed by atoms with van der Waals surface area (Å²) in [6, 6.07) is 11.4. The molecule has 0 heterocycles. The third-order valence-corrected chi connectivity index (χ3v) is 8.91. The predicted molar refractivity (Wildman–Crippen MR) is 181 cm³/mol. The molecular weight excluding hydrogens is 541 g/mol. The van der Waals surface area contributed by atoms with Crippen LogP contribution < -0.4 is 10.2 Å². The summed E-state index contributed by atoms with van der Waals surface area (Å²) in [4.78, 5) is 0. The van der Waals surface area contributed by atoms with E-state index in [0.717, 1.165) is 47.9 Å². The third-order valence-electron chi connectivity index (χ3n) is 8.91. The second-order valence-corrected chi connectivity index (χ2v) is 12.5. The molecule has 2 aromatic carbocycles. The Hall–Kier alpha value is -0.700. The fourth-order valence-corrected chi connectivity index (χ4v) is 6.23. The molecule has 2 nitrogen and oxygen atoms in total. The summed E-state index contributed by atoms with van der Waals surface area (Å²) in [5, 5.41) is 25.9. The van der Waals surface area contributed by atoms with Crippen LogP contribution in [0.4, 0.5) is 0 Å². The van der Waals surface area contributed by atoms with Crippen LogP contribution in [-0.4, -0.2) is 37.7 Å². The molecule has 232 valence electrons. The minimum Gasteiger partial charge on any atom is -0.872 e. The van der Waals surface area contributed by atoms with Crippen LogP contribution in [0.25, 0.3) is 0 Å². The molecule has 0 bridgehead atoms. The largest absolute Gasteiger partial charge is 2.00 e. The van der Waals surface area contributed by atoms with Gasteiger partial charge in [-0.2, -0.15) is 0 Å². The van der Waals surface area contributed by atoms with E-state index in [1.165, 1.54) is 128 Å². The molecule has 0 saturated carbocycles. The molecule has 0 aliphatic heterocycles. The maximum Gasteiger partial charge on any atom is 2.00 e. The van der Waals surface area contributed by atoms with Crippen molar-refractivity contribution in [1.29, 1.82) is 0 Å². The van der Waals surface area contributed by atoms with Crippen molar-refractivity contribution in [2.24, 2.45) is 0 Å². The van der Waals surface area contributed by atoms with E-state index in [-0.39, 0.29) is 49.2 Å². The Morgan fingerprint density at radius 1 is 0.405 bits per heavy atom. The van der Waals surface area contributed by atoms with Crippen molar-refractivity contribution in [3.05, 3.63) is 58.7 Å². The zero-order chi connectivity index (χ0) is 29.4. The van der Waals surface area contributed by atoms with E-state index >= 15 is 0 Å². The minimum absolute atomic E-state index is 0. The molecular formula is C39H62CaO2. The summed E-state index contributed by atoms with van der Waals surface area (Å²) < 4.78 is 0. The van der Waals surface area contributed by atoms with Gasteiger partial charge < -0.3 is 10.2 Å². The Kier molecular flexibility index (Phi) is 25.0. The van der Waals surface area contributed by atoms with Gasteiger partial charge in [-0.15, -0.1) is 11.5 Å². The summed E-state index contributed by atoms with van der Waals surface area (Å²) >= 11 is 0. The van der Waals surface area contributed by atoms with E-state index in [9.17, 15) is 10.2 Å². The first-order valence-electron chi connectivity index (χ1n) is 17.7. The zero-order valence-corrected chi connectivity index (χ0v) is 29.9. The van der Waals surface area contributed by atoms with Gasteiger partial charge in [0.25, 0.3) is 0 Å². The monoisotopic (exact) mass is 602 g/mol. The number of hydrogen-bond acceptors (Lipinski definition) is 2. The van der Waals surface area contributed by atoms with Crippen molar-refractivity contribution in [2.45, 2.75) is 174 Å². The van der Waals surface area contributed by atoms with Crippen LogP contribution in [0.2, 0.25) is 0 Å². The molecule has 0 unspecified atom stereocenters. The normalized spacial score (nSPS) is 11.1. The van der Waals surface area contributed by atoms with Crippen LogP contribution in [0.5, 0.6) is 11.5 Å². The zero-order valence-electron chi connectivity index (χ0n) is 27.7. The van der Waals surface area contributed by atoms with E-state index in [4.69, 9.17) is 0 Å². The van der Waals surface area contributed by atoms with E-state index in [1.807, 2.05) is 12.1 Å². The van der Waals surface area contributed by atoms with Gasteiger partial charge in [0.1, 0.15) is 0 Å². The topological polar surface area (TPSA) is 46.1 Å². The molecule has 0 aliphatic carbocycles. The van der Waals surface area contributed by atoms with E-state index < -0.39 is 0 Å². The van der Waals surface area contributed by atoms with Crippen LogP contribution >= 0.6 is 0 Å². The molecule has 0 radical (unpaired) electrons. The molecule has 0 saturated heterocycles. The first kappa shape index (κ1) is 39.3. The van der Waals surface area contributed by atoms with Gasteiger partial charge in [-0.05, 0) is 54.4 Å². The quantitative estimate of drug-likeness (QED) is 0.0794. The molecule has 0 fully saturated rings. The van der Waals surface area contributed by atoms with Gasteiger partial charge >= 0.3 is 37.7 Å². The summed E-state index contributed by atoms with van der Waals surface area (Å²) in [5.74, 6) is 0.184. The van der Waals surface area contributed by atoms with Crippen LogP contribution in [0, 0.1) is 0 Å². The summed E-state index contributed by atoms with van der Waals surface area (Å²) in [6.07, 6.45) is 31.5. The van der Waals surface area contributed by atoms with Gasteiger partial charge in [0.2, 0.25) is 0 Å². The Bertz CT molecular complexity index is 836. The number of unbranched alkanes of at least 4 members (excludes halogenated alkanes) is 20. The summed E-state index contributed by atoms with van der Waals surface area (Å²) in [5.41, 5.74) is 4.00. The SMILES string of the molecule is CCCCCCCCCCCCCc1cccc([O-])c1Cc1c([O-])cccc1CCCCCCCCCCCCC.[Ca+2]. The number of benzene rings is 2. The molecule has 0 spiro atoms. The van der Waals surface area contributed by atoms with Crippen molar-refractivity contribution in [3.63, 3.8) is 0 Å². The van der Waals surface area contributed by atoms with Gasteiger partial charge in [-0.3, -0.25) is 0 Å². The van der Waals surface area contributed by atoms with Crippen LogP contribution in [0.3, 0.4) is 0 Å². The van der Waals surface area contributed by atoms with Gasteiger partial charge in [0.05, 0.1) is 0 Å². The molecule has 0 aromatic heterocycles. The molecule has 0 amide bonds. The number of rotatable bonds is 26. The van der Waals surface area contributed by atoms with Gasteiger partial charge in [0, 0.05) is 0 Å². The predicted octanol–water partition coefficient (Wildman–Crippen LogP) is 10.8. The maximum atomic E-state index is 12.9. The first-order chi connectivity index (χ1) is 20.2. The molecule has 42 heavy (non-hydrogen) atoms. The molecule has 0 N–H and O–H groups in total. The number of hydrogen-bond donors (Lipinski definition) is 0. The third kappa shape index (κ3) is 17.6. The minimum atomic E-state index is 0. The average molecular weight is 603 g/mol. The van der Waals surface area contributed by atoms with Gasteiger partial charge in [0.15, 0.2) is 0 Å². The average Bonchev–Trinajstić information content (AvgIpc) is 2.97. The summed E-state index contributed by atoms with van der Waals surface area (Å²) in [6.45, 7) is 4.55. The molecule has 3 heteroatoms.